The Labute approximate surface area is 79.9 Å². The maximum atomic E-state index is 5.44. The van der Waals surface area contributed by atoms with E-state index in [4.69, 9.17) is 4.74 Å². The van der Waals surface area contributed by atoms with Crippen molar-refractivity contribution in [2.75, 3.05) is 20.2 Å². The zero-order valence-electron chi connectivity index (χ0n) is 8.15. The molecule has 1 aliphatic heterocycles. The zero-order chi connectivity index (χ0) is 9.10. The van der Waals surface area contributed by atoms with Crippen LogP contribution in [-0.4, -0.2) is 37.2 Å². The lowest BCUT2D eigenvalue weighted by Crippen LogP contribution is -2.41. The summed E-state index contributed by atoms with van der Waals surface area (Å²) in [7, 11) is 1.79. The van der Waals surface area contributed by atoms with Crippen LogP contribution >= 0.6 is 0 Å². The molecule has 0 amide bonds. The summed E-state index contributed by atoms with van der Waals surface area (Å²) >= 11 is 0. The Bertz CT molecular complexity index is 216. The smallest absolute Gasteiger partial charge is 0.0946 e. The maximum Gasteiger partial charge on any atom is 0.0946 e. The Kier molecular flexibility index (Phi) is 2.81. The fourth-order valence-electron chi connectivity index (χ4n) is 2.16. The van der Waals surface area contributed by atoms with Crippen molar-refractivity contribution in [3.05, 3.63) is 24.3 Å². The Morgan fingerprint density at radius 2 is 1.85 bits per heavy atom. The summed E-state index contributed by atoms with van der Waals surface area (Å²) in [6, 6.07) is 0.470. The Hall–Kier alpha value is -0.600. The van der Waals surface area contributed by atoms with E-state index in [9.17, 15) is 0 Å². The summed E-state index contributed by atoms with van der Waals surface area (Å²) in [5.41, 5.74) is 0. The molecule has 0 bridgehead atoms. The molecule has 2 heteroatoms. The van der Waals surface area contributed by atoms with Crippen molar-refractivity contribution >= 4 is 0 Å². The van der Waals surface area contributed by atoms with Crippen molar-refractivity contribution < 1.29 is 4.74 Å². The molecule has 1 unspecified atom stereocenters. The molecule has 0 N–H and O–H groups in total. The number of hydrogen-bond acceptors (Lipinski definition) is 2. The molecule has 1 heterocycles. The van der Waals surface area contributed by atoms with Crippen molar-refractivity contribution in [1.29, 1.82) is 0 Å². The van der Waals surface area contributed by atoms with E-state index in [0.717, 1.165) is 0 Å². The minimum atomic E-state index is 0.253. The van der Waals surface area contributed by atoms with E-state index >= 15 is 0 Å². The van der Waals surface area contributed by atoms with Gasteiger partial charge in [0.05, 0.1) is 12.1 Å². The predicted octanol–water partition coefficient (Wildman–Crippen LogP) is 1.59. The lowest BCUT2D eigenvalue weighted by Gasteiger charge is -2.31. The molecular formula is C11H17NO. The van der Waals surface area contributed by atoms with Gasteiger partial charge in [-0.15, -0.1) is 0 Å². The molecule has 1 fully saturated rings. The first kappa shape index (κ1) is 8.97. The molecule has 0 aromatic heterocycles. The highest BCUT2D eigenvalue weighted by atomic mass is 16.5. The highest BCUT2D eigenvalue weighted by molar-refractivity contribution is 5.19. The van der Waals surface area contributed by atoms with Gasteiger partial charge in [-0.3, -0.25) is 4.90 Å². The van der Waals surface area contributed by atoms with Crippen LogP contribution in [0.25, 0.3) is 0 Å². The van der Waals surface area contributed by atoms with Crippen molar-refractivity contribution in [1.82, 2.24) is 4.90 Å². The van der Waals surface area contributed by atoms with E-state index < -0.39 is 0 Å². The van der Waals surface area contributed by atoms with Gasteiger partial charge in [0.1, 0.15) is 0 Å². The van der Waals surface area contributed by atoms with E-state index in [1.165, 1.54) is 25.9 Å². The van der Waals surface area contributed by atoms with Crippen LogP contribution in [0.3, 0.4) is 0 Å². The van der Waals surface area contributed by atoms with Gasteiger partial charge in [-0.2, -0.15) is 0 Å². The van der Waals surface area contributed by atoms with Crippen LogP contribution in [-0.2, 0) is 4.74 Å². The highest BCUT2D eigenvalue weighted by Crippen LogP contribution is 2.19. The topological polar surface area (TPSA) is 12.5 Å². The first-order chi connectivity index (χ1) is 6.42. The molecular weight excluding hydrogens is 162 g/mol. The Morgan fingerprint density at radius 3 is 2.54 bits per heavy atom. The van der Waals surface area contributed by atoms with Crippen molar-refractivity contribution in [3.63, 3.8) is 0 Å². The SMILES string of the molecule is CO[C@@H]1C=CC=CC1N1CCCC1. The van der Waals surface area contributed by atoms with Crippen LogP contribution in [0.1, 0.15) is 12.8 Å². The van der Waals surface area contributed by atoms with E-state index in [2.05, 4.69) is 29.2 Å². The van der Waals surface area contributed by atoms with Crippen LogP contribution < -0.4 is 0 Å². The molecule has 1 aliphatic carbocycles. The lowest BCUT2D eigenvalue weighted by atomic mass is 10.0. The van der Waals surface area contributed by atoms with Crippen LogP contribution in [0, 0.1) is 0 Å². The van der Waals surface area contributed by atoms with Crippen molar-refractivity contribution in [2.45, 2.75) is 25.0 Å². The minimum absolute atomic E-state index is 0.253. The van der Waals surface area contributed by atoms with Gasteiger partial charge in [0, 0.05) is 7.11 Å². The number of rotatable bonds is 2. The number of methoxy groups -OCH3 is 1. The molecule has 0 radical (unpaired) electrons. The van der Waals surface area contributed by atoms with Gasteiger partial charge in [-0.25, -0.2) is 0 Å². The average molecular weight is 179 g/mol. The van der Waals surface area contributed by atoms with Gasteiger partial charge >= 0.3 is 0 Å². The fourth-order valence-corrected chi connectivity index (χ4v) is 2.16. The summed E-state index contributed by atoms with van der Waals surface area (Å²) in [5.74, 6) is 0. The Balaban J connectivity index is 2.03. The molecule has 2 nitrogen and oxygen atoms in total. The average Bonchev–Trinajstić information content (AvgIpc) is 2.70. The van der Waals surface area contributed by atoms with E-state index in [0.29, 0.717) is 6.04 Å². The summed E-state index contributed by atoms with van der Waals surface area (Å²) in [4.78, 5) is 2.51. The van der Waals surface area contributed by atoms with E-state index in [1.807, 2.05) is 0 Å². The van der Waals surface area contributed by atoms with Gasteiger partial charge in [0.2, 0.25) is 0 Å². The molecule has 2 atom stereocenters. The largest absolute Gasteiger partial charge is 0.375 e. The number of nitrogens with zero attached hydrogens (tertiary/aromatic N) is 1. The van der Waals surface area contributed by atoms with Gasteiger partial charge in [-0.05, 0) is 25.9 Å². The standard InChI is InChI=1S/C11H17NO/c1-13-11-7-3-2-6-10(11)12-8-4-5-9-12/h2-3,6-7,10-11H,4-5,8-9H2,1H3/t10?,11-/m1/s1. The van der Waals surface area contributed by atoms with Crippen molar-refractivity contribution in [2.24, 2.45) is 0 Å². The number of hydrogen-bond donors (Lipinski definition) is 0. The van der Waals surface area contributed by atoms with Crippen LogP contribution in [0.15, 0.2) is 24.3 Å². The van der Waals surface area contributed by atoms with Crippen LogP contribution in [0.2, 0.25) is 0 Å². The molecule has 72 valence electrons. The first-order valence-corrected chi connectivity index (χ1v) is 5.03. The van der Waals surface area contributed by atoms with Gasteiger partial charge in [0.15, 0.2) is 0 Å². The molecule has 0 spiro atoms. The number of likely N-dealkylation sites (tertiary alicyclic amines) is 1. The number of allylic oxidation sites excluding steroid dienone is 2. The van der Waals surface area contributed by atoms with Crippen molar-refractivity contribution in [3.8, 4) is 0 Å². The molecule has 0 aromatic carbocycles. The third-order valence-electron chi connectivity index (χ3n) is 2.89. The Morgan fingerprint density at radius 1 is 1.15 bits per heavy atom. The normalized spacial score (nSPS) is 34.2. The van der Waals surface area contributed by atoms with E-state index in [1.54, 1.807) is 7.11 Å². The summed E-state index contributed by atoms with van der Waals surface area (Å²) in [6.07, 6.45) is 11.5. The lowest BCUT2D eigenvalue weighted by molar-refractivity contribution is 0.0735. The van der Waals surface area contributed by atoms with E-state index in [-0.39, 0.29) is 6.10 Å². The number of ether oxygens (including phenoxy) is 1. The quantitative estimate of drug-likeness (QED) is 0.638. The second-order valence-electron chi connectivity index (χ2n) is 3.70. The minimum Gasteiger partial charge on any atom is -0.375 e. The van der Waals surface area contributed by atoms with Gasteiger partial charge in [-0.1, -0.05) is 24.3 Å². The molecule has 2 rings (SSSR count). The molecule has 0 saturated carbocycles. The molecule has 0 aromatic rings. The summed E-state index contributed by atoms with van der Waals surface area (Å²) < 4.78 is 5.44. The molecule has 1 saturated heterocycles. The molecule has 2 aliphatic rings. The van der Waals surface area contributed by atoms with Crippen LogP contribution in [0.5, 0.6) is 0 Å². The predicted molar refractivity (Wildman–Crippen MR) is 53.7 cm³/mol. The molecule has 13 heavy (non-hydrogen) atoms. The summed E-state index contributed by atoms with van der Waals surface area (Å²) in [5, 5.41) is 0. The second kappa shape index (κ2) is 4.07. The van der Waals surface area contributed by atoms with Crippen LogP contribution in [0.4, 0.5) is 0 Å². The van der Waals surface area contributed by atoms with Gasteiger partial charge in [0.25, 0.3) is 0 Å². The summed E-state index contributed by atoms with van der Waals surface area (Å²) in [6.45, 7) is 2.45. The zero-order valence-corrected chi connectivity index (χ0v) is 8.15. The monoisotopic (exact) mass is 179 g/mol. The fraction of sp³-hybridized carbons (Fsp3) is 0.636. The maximum absolute atomic E-state index is 5.44. The third-order valence-corrected chi connectivity index (χ3v) is 2.89. The second-order valence-corrected chi connectivity index (χ2v) is 3.70. The van der Waals surface area contributed by atoms with Gasteiger partial charge < -0.3 is 4.74 Å². The highest BCUT2D eigenvalue weighted by Gasteiger charge is 2.26. The third kappa shape index (κ3) is 1.84. The first-order valence-electron chi connectivity index (χ1n) is 5.03.